The zero-order valence-corrected chi connectivity index (χ0v) is 31.7. The second-order valence-corrected chi connectivity index (χ2v) is 16.5. The quantitative estimate of drug-likeness (QED) is 0.170. The Morgan fingerprint density at radius 3 is 2.00 bits per heavy atom. The van der Waals surface area contributed by atoms with E-state index in [-0.39, 0.29) is 5.54 Å². The molecule has 3 heteroatoms. The van der Waals surface area contributed by atoms with Crippen molar-refractivity contribution in [1.82, 2.24) is 9.13 Å². The Morgan fingerprint density at radius 2 is 1.12 bits per heavy atom. The van der Waals surface area contributed by atoms with Crippen molar-refractivity contribution in [2.45, 2.75) is 18.9 Å². The molecule has 1 aliphatic carbocycles. The van der Waals surface area contributed by atoms with E-state index >= 15 is 0 Å². The molecule has 0 spiro atoms. The maximum Gasteiger partial charge on any atom is 0.0721 e. The molecule has 0 saturated heterocycles. The van der Waals surface area contributed by atoms with Crippen LogP contribution in [-0.4, -0.2) is 9.13 Å². The molecule has 3 aromatic heterocycles. The number of thiophene rings is 1. The Bertz CT molecular complexity index is 3410. The first kappa shape index (κ1) is 31.6. The lowest BCUT2D eigenvalue weighted by Crippen LogP contribution is -2.34. The zero-order valence-electron chi connectivity index (χ0n) is 30.9. The number of para-hydroxylation sites is 3. The van der Waals surface area contributed by atoms with Gasteiger partial charge in [0.2, 0.25) is 0 Å². The number of aromatic nitrogens is 2. The predicted molar refractivity (Wildman–Crippen MR) is 240 cm³/mol. The van der Waals surface area contributed by atoms with Crippen molar-refractivity contribution in [3.8, 4) is 16.8 Å². The molecule has 1 unspecified atom stereocenters. The Hall–Kier alpha value is -6.68. The van der Waals surface area contributed by atoms with Crippen LogP contribution >= 0.6 is 11.3 Å². The molecule has 56 heavy (non-hydrogen) atoms. The van der Waals surface area contributed by atoms with E-state index in [0.29, 0.717) is 0 Å². The Morgan fingerprint density at radius 1 is 0.482 bits per heavy atom. The molecule has 0 amide bonds. The standard InChI is InChI=1S/C53H36N2S/c1-53(33-37(30-36-14-5-9-22-46(36)53)39-20-13-21-44-43-19-8-12-25-51(43)56-52(39)44)55-48-24-11-7-18-41(48)45-31-34(27-29-49(45)55)35-26-28-42-40-17-6-10-23-47(40)54(50(42)32-35)38-15-3-2-4-16-38/h2-32H,33H2,1H3. The van der Waals surface area contributed by atoms with E-state index in [1.165, 1.54) is 103 Å². The third-order valence-corrected chi connectivity index (χ3v) is 13.6. The summed E-state index contributed by atoms with van der Waals surface area (Å²) in [5.41, 5.74) is 13.6. The van der Waals surface area contributed by atoms with E-state index in [0.717, 1.165) is 6.42 Å². The molecule has 264 valence electrons. The summed E-state index contributed by atoms with van der Waals surface area (Å²) in [6.45, 7) is 2.46. The lowest BCUT2D eigenvalue weighted by atomic mass is 9.75. The van der Waals surface area contributed by atoms with Crippen molar-refractivity contribution in [3.05, 3.63) is 199 Å². The fourth-order valence-electron chi connectivity index (χ4n) is 9.88. The lowest BCUT2D eigenvalue weighted by molar-refractivity contribution is 0.425. The topological polar surface area (TPSA) is 9.86 Å². The van der Waals surface area contributed by atoms with Gasteiger partial charge in [0.25, 0.3) is 0 Å². The molecule has 0 bridgehead atoms. The second-order valence-electron chi connectivity index (χ2n) is 15.5. The number of benzene rings is 8. The first-order chi connectivity index (χ1) is 27.6. The SMILES string of the molecule is CC1(n2c3ccccc3c3cc(-c4ccc5c6ccccc6n(-c6ccccc6)c5c4)ccc32)CC(c2cccc3c2sc2ccccc23)=Cc2ccccc21. The van der Waals surface area contributed by atoms with Crippen LogP contribution in [0.1, 0.15) is 30.0 Å². The summed E-state index contributed by atoms with van der Waals surface area (Å²) in [4.78, 5) is 0. The summed E-state index contributed by atoms with van der Waals surface area (Å²) < 4.78 is 7.77. The molecule has 1 atom stereocenters. The number of nitrogens with zero attached hydrogens (tertiary/aromatic N) is 2. The average Bonchev–Trinajstić information content (AvgIpc) is 3.91. The van der Waals surface area contributed by atoms with Crippen molar-refractivity contribution in [1.29, 1.82) is 0 Å². The molecule has 11 aromatic rings. The minimum absolute atomic E-state index is 0.335. The monoisotopic (exact) mass is 732 g/mol. The summed E-state index contributed by atoms with van der Waals surface area (Å²) in [5, 5.41) is 7.79. The molecular formula is C53H36N2S. The van der Waals surface area contributed by atoms with Crippen LogP contribution in [0.15, 0.2) is 182 Å². The summed E-state index contributed by atoms with van der Waals surface area (Å²) in [6, 6.07) is 67.4. The highest BCUT2D eigenvalue weighted by molar-refractivity contribution is 7.26. The summed E-state index contributed by atoms with van der Waals surface area (Å²) in [5.74, 6) is 0. The van der Waals surface area contributed by atoms with E-state index in [1.807, 2.05) is 11.3 Å². The van der Waals surface area contributed by atoms with Crippen LogP contribution in [-0.2, 0) is 5.54 Å². The first-order valence-electron chi connectivity index (χ1n) is 19.5. The molecule has 0 N–H and O–H groups in total. The molecule has 0 aliphatic heterocycles. The number of hydrogen-bond donors (Lipinski definition) is 0. The zero-order chi connectivity index (χ0) is 37.0. The summed E-state index contributed by atoms with van der Waals surface area (Å²) in [6.07, 6.45) is 3.33. The van der Waals surface area contributed by atoms with E-state index in [1.54, 1.807) is 0 Å². The first-order valence-corrected chi connectivity index (χ1v) is 20.3. The van der Waals surface area contributed by atoms with Crippen LogP contribution in [0.2, 0.25) is 0 Å². The molecule has 1 aliphatic rings. The second kappa shape index (κ2) is 11.9. The van der Waals surface area contributed by atoms with Gasteiger partial charge in [-0.05, 0) is 88.8 Å². The van der Waals surface area contributed by atoms with Gasteiger partial charge >= 0.3 is 0 Å². The number of hydrogen-bond acceptors (Lipinski definition) is 1. The van der Waals surface area contributed by atoms with Crippen LogP contribution in [0.3, 0.4) is 0 Å². The van der Waals surface area contributed by atoms with E-state index < -0.39 is 0 Å². The molecule has 8 aromatic carbocycles. The van der Waals surface area contributed by atoms with Gasteiger partial charge in [0.15, 0.2) is 0 Å². The number of allylic oxidation sites excluding steroid dienone is 1. The highest BCUT2D eigenvalue weighted by Crippen LogP contribution is 2.50. The third kappa shape index (κ3) is 4.49. The number of rotatable bonds is 4. The van der Waals surface area contributed by atoms with Gasteiger partial charge in [-0.25, -0.2) is 0 Å². The maximum absolute atomic E-state index is 2.65. The van der Waals surface area contributed by atoms with Crippen molar-refractivity contribution in [3.63, 3.8) is 0 Å². The highest BCUT2D eigenvalue weighted by atomic mass is 32.1. The fraction of sp³-hybridized carbons (Fsp3) is 0.0566. The van der Waals surface area contributed by atoms with Gasteiger partial charge in [-0.15, -0.1) is 11.3 Å². The van der Waals surface area contributed by atoms with Crippen molar-refractivity contribution >= 4 is 86.8 Å². The Labute approximate surface area is 328 Å². The third-order valence-electron chi connectivity index (χ3n) is 12.3. The van der Waals surface area contributed by atoms with Gasteiger partial charge in [-0.1, -0.05) is 140 Å². The normalized spacial score (nSPS) is 15.7. The summed E-state index contributed by atoms with van der Waals surface area (Å²) >= 11 is 1.92. The van der Waals surface area contributed by atoms with Crippen molar-refractivity contribution in [2.75, 3.05) is 0 Å². The van der Waals surface area contributed by atoms with Crippen LogP contribution in [0, 0.1) is 0 Å². The number of fused-ring (bicyclic) bond motifs is 10. The van der Waals surface area contributed by atoms with Gasteiger partial charge in [0, 0.05) is 64.9 Å². The predicted octanol–water partition coefficient (Wildman–Crippen LogP) is 14.6. The Kier molecular flexibility index (Phi) is 6.73. The van der Waals surface area contributed by atoms with Gasteiger partial charge in [0.1, 0.15) is 0 Å². The molecule has 0 fully saturated rings. The van der Waals surface area contributed by atoms with E-state index in [2.05, 4.69) is 204 Å². The lowest BCUT2D eigenvalue weighted by Gasteiger charge is -2.39. The average molecular weight is 733 g/mol. The molecular weight excluding hydrogens is 697 g/mol. The van der Waals surface area contributed by atoms with Gasteiger partial charge in [-0.3, -0.25) is 0 Å². The smallest absolute Gasteiger partial charge is 0.0721 e. The summed E-state index contributed by atoms with van der Waals surface area (Å²) in [7, 11) is 0. The van der Waals surface area contributed by atoms with E-state index in [9.17, 15) is 0 Å². The fourth-order valence-corrected chi connectivity index (χ4v) is 11.1. The van der Waals surface area contributed by atoms with Crippen LogP contribution in [0.5, 0.6) is 0 Å². The minimum atomic E-state index is -0.335. The van der Waals surface area contributed by atoms with Crippen LogP contribution in [0.4, 0.5) is 0 Å². The largest absolute Gasteiger partial charge is 0.330 e. The highest BCUT2D eigenvalue weighted by Gasteiger charge is 2.37. The van der Waals surface area contributed by atoms with Crippen LogP contribution < -0.4 is 0 Å². The van der Waals surface area contributed by atoms with Crippen molar-refractivity contribution < 1.29 is 0 Å². The Balaban J connectivity index is 1.05. The van der Waals surface area contributed by atoms with Gasteiger partial charge < -0.3 is 9.13 Å². The van der Waals surface area contributed by atoms with Gasteiger partial charge in [-0.2, -0.15) is 0 Å². The molecule has 0 saturated carbocycles. The van der Waals surface area contributed by atoms with Gasteiger partial charge in [0.05, 0.1) is 16.6 Å². The molecule has 0 radical (unpaired) electrons. The maximum atomic E-state index is 2.65. The van der Waals surface area contributed by atoms with E-state index in [4.69, 9.17) is 0 Å². The molecule has 3 heterocycles. The molecule has 12 rings (SSSR count). The van der Waals surface area contributed by atoms with Crippen molar-refractivity contribution in [2.24, 2.45) is 0 Å². The minimum Gasteiger partial charge on any atom is -0.330 e. The molecule has 2 nitrogen and oxygen atoms in total. The van der Waals surface area contributed by atoms with Crippen LogP contribution in [0.25, 0.3) is 92.2 Å².